The number of pyridine rings is 2. The van der Waals surface area contributed by atoms with E-state index in [0.717, 1.165) is 36.9 Å². The van der Waals surface area contributed by atoms with E-state index in [2.05, 4.69) is 15.3 Å². The Labute approximate surface area is 163 Å². The van der Waals surface area contributed by atoms with E-state index < -0.39 is 5.54 Å². The SMILES string of the molecule is CC(C)(COc1ccnc(Cl)c1)NC(=O)c1cc2c(nc1Cl)CCCC2. The minimum atomic E-state index is -0.605. The summed E-state index contributed by atoms with van der Waals surface area (Å²) in [7, 11) is 0. The van der Waals surface area contributed by atoms with Crippen LogP contribution in [-0.4, -0.2) is 28.0 Å². The largest absolute Gasteiger partial charge is 0.491 e. The molecule has 0 aliphatic heterocycles. The molecule has 138 valence electrons. The van der Waals surface area contributed by atoms with Gasteiger partial charge in [0.1, 0.15) is 22.7 Å². The van der Waals surface area contributed by atoms with Gasteiger partial charge in [-0.3, -0.25) is 4.79 Å². The fourth-order valence-corrected chi connectivity index (χ4v) is 3.32. The van der Waals surface area contributed by atoms with Crippen LogP contribution in [0.15, 0.2) is 24.4 Å². The molecule has 1 amide bonds. The Kier molecular flexibility index (Phi) is 5.68. The van der Waals surface area contributed by atoms with Crippen LogP contribution in [0.5, 0.6) is 5.75 Å². The molecule has 0 saturated carbocycles. The second kappa shape index (κ2) is 7.80. The minimum Gasteiger partial charge on any atom is -0.491 e. The Hall–Kier alpha value is -1.85. The molecule has 7 heteroatoms. The highest BCUT2D eigenvalue weighted by atomic mass is 35.5. The van der Waals surface area contributed by atoms with Crippen molar-refractivity contribution in [3.63, 3.8) is 0 Å². The molecule has 2 heterocycles. The molecule has 0 fully saturated rings. The molecule has 0 radical (unpaired) electrons. The van der Waals surface area contributed by atoms with Gasteiger partial charge in [0, 0.05) is 18.0 Å². The topological polar surface area (TPSA) is 64.1 Å². The van der Waals surface area contributed by atoms with Crippen LogP contribution in [0.4, 0.5) is 0 Å². The number of rotatable bonds is 5. The summed E-state index contributed by atoms with van der Waals surface area (Å²) < 4.78 is 5.72. The summed E-state index contributed by atoms with van der Waals surface area (Å²) in [5, 5.41) is 3.58. The number of carbonyl (C=O) groups is 1. The summed E-state index contributed by atoms with van der Waals surface area (Å²) >= 11 is 12.1. The van der Waals surface area contributed by atoms with Crippen molar-refractivity contribution in [3.05, 3.63) is 51.5 Å². The van der Waals surface area contributed by atoms with Crippen molar-refractivity contribution >= 4 is 29.1 Å². The highest BCUT2D eigenvalue weighted by Crippen LogP contribution is 2.25. The van der Waals surface area contributed by atoms with Gasteiger partial charge in [0.25, 0.3) is 5.91 Å². The smallest absolute Gasteiger partial charge is 0.254 e. The van der Waals surface area contributed by atoms with Gasteiger partial charge in [-0.25, -0.2) is 9.97 Å². The molecule has 0 atom stereocenters. The van der Waals surface area contributed by atoms with Crippen LogP contribution in [0.1, 0.15) is 48.3 Å². The molecule has 2 aromatic rings. The summed E-state index contributed by atoms with van der Waals surface area (Å²) in [6.07, 6.45) is 5.66. The van der Waals surface area contributed by atoms with Crippen molar-refractivity contribution < 1.29 is 9.53 Å². The molecule has 0 saturated heterocycles. The van der Waals surface area contributed by atoms with Crippen molar-refractivity contribution in [3.8, 4) is 5.75 Å². The number of nitrogens with one attached hydrogen (secondary N) is 1. The van der Waals surface area contributed by atoms with Gasteiger partial charge in [-0.15, -0.1) is 0 Å². The third-order valence-corrected chi connectivity index (χ3v) is 4.74. The van der Waals surface area contributed by atoms with Gasteiger partial charge >= 0.3 is 0 Å². The van der Waals surface area contributed by atoms with E-state index in [-0.39, 0.29) is 17.7 Å². The standard InChI is InChI=1S/C19H21Cl2N3O2/c1-19(2,11-26-13-7-8-22-16(20)10-13)24-18(25)14-9-12-5-3-4-6-15(12)23-17(14)21/h7-10H,3-6,11H2,1-2H3,(H,24,25). The Bertz CT molecular complexity index is 824. The maximum Gasteiger partial charge on any atom is 0.254 e. The maximum atomic E-state index is 12.7. The maximum absolute atomic E-state index is 12.7. The Morgan fingerprint density at radius 2 is 2.04 bits per heavy atom. The molecule has 2 aromatic heterocycles. The monoisotopic (exact) mass is 393 g/mol. The zero-order chi connectivity index (χ0) is 18.7. The molecular weight excluding hydrogens is 373 g/mol. The van der Waals surface area contributed by atoms with Crippen LogP contribution >= 0.6 is 23.2 Å². The summed E-state index contributed by atoms with van der Waals surface area (Å²) in [6.45, 7) is 4.04. The van der Waals surface area contributed by atoms with Crippen LogP contribution in [-0.2, 0) is 12.8 Å². The average molecular weight is 394 g/mol. The van der Waals surface area contributed by atoms with Gasteiger partial charge in [0.2, 0.25) is 0 Å². The van der Waals surface area contributed by atoms with E-state index in [1.54, 1.807) is 18.3 Å². The van der Waals surface area contributed by atoms with Crippen molar-refractivity contribution in [2.45, 2.75) is 45.1 Å². The number of fused-ring (bicyclic) bond motifs is 1. The lowest BCUT2D eigenvalue weighted by Crippen LogP contribution is -2.48. The fraction of sp³-hybridized carbons (Fsp3) is 0.421. The lowest BCUT2D eigenvalue weighted by molar-refractivity contribution is 0.0880. The summed E-state index contributed by atoms with van der Waals surface area (Å²) in [4.78, 5) is 21.0. The fourth-order valence-electron chi connectivity index (χ4n) is 2.92. The Morgan fingerprint density at radius 3 is 2.81 bits per heavy atom. The lowest BCUT2D eigenvalue weighted by atomic mass is 9.95. The molecule has 5 nitrogen and oxygen atoms in total. The van der Waals surface area contributed by atoms with Crippen LogP contribution in [0, 0.1) is 0 Å². The normalized spacial score (nSPS) is 13.8. The number of ether oxygens (including phenoxy) is 1. The number of hydrogen-bond acceptors (Lipinski definition) is 4. The summed E-state index contributed by atoms with van der Waals surface area (Å²) in [6, 6.07) is 5.22. The molecule has 0 aromatic carbocycles. The van der Waals surface area contributed by atoms with Gasteiger partial charge in [0.05, 0.1) is 11.1 Å². The Morgan fingerprint density at radius 1 is 1.27 bits per heavy atom. The van der Waals surface area contributed by atoms with E-state index in [1.165, 1.54) is 0 Å². The number of aryl methyl sites for hydroxylation is 2. The van der Waals surface area contributed by atoms with Gasteiger partial charge in [0.15, 0.2) is 0 Å². The van der Waals surface area contributed by atoms with E-state index in [0.29, 0.717) is 16.5 Å². The number of carbonyl (C=O) groups excluding carboxylic acids is 1. The molecule has 1 aliphatic rings. The van der Waals surface area contributed by atoms with Crippen molar-refractivity contribution in [2.75, 3.05) is 6.61 Å². The van der Waals surface area contributed by atoms with Gasteiger partial charge in [-0.1, -0.05) is 23.2 Å². The average Bonchev–Trinajstić information content (AvgIpc) is 2.59. The van der Waals surface area contributed by atoms with E-state index in [4.69, 9.17) is 27.9 Å². The molecule has 3 rings (SSSR count). The first-order chi connectivity index (χ1) is 12.3. The van der Waals surface area contributed by atoms with E-state index in [9.17, 15) is 4.79 Å². The third kappa shape index (κ3) is 4.65. The second-order valence-corrected chi connectivity index (χ2v) is 7.83. The highest BCUT2D eigenvalue weighted by Gasteiger charge is 2.25. The molecule has 0 bridgehead atoms. The molecule has 0 spiro atoms. The van der Waals surface area contributed by atoms with E-state index >= 15 is 0 Å². The lowest BCUT2D eigenvalue weighted by Gasteiger charge is -2.27. The number of nitrogens with zero attached hydrogens (tertiary/aromatic N) is 2. The summed E-state index contributed by atoms with van der Waals surface area (Å²) in [5.41, 5.74) is 1.93. The van der Waals surface area contributed by atoms with Gasteiger partial charge < -0.3 is 10.1 Å². The first-order valence-corrected chi connectivity index (χ1v) is 9.35. The van der Waals surface area contributed by atoms with Gasteiger partial charge in [-0.2, -0.15) is 0 Å². The van der Waals surface area contributed by atoms with Crippen LogP contribution in [0.2, 0.25) is 10.3 Å². The molecule has 1 aliphatic carbocycles. The second-order valence-electron chi connectivity index (χ2n) is 7.08. The molecule has 1 N–H and O–H groups in total. The molecule has 26 heavy (non-hydrogen) atoms. The van der Waals surface area contributed by atoms with Crippen LogP contribution in [0.3, 0.4) is 0 Å². The zero-order valence-electron chi connectivity index (χ0n) is 14.8. The Balaban J connectivity index is 1.68. The number of hydrogen-bond donors (Lipinski definition) is 1. The number of halogens is 2. The third-order valence-electron chi connectivity index (χ3n) is 4.25. The van der Waals surface area contributed by atoms with Gasteiger partial charge in [-0.05, 0) is 57.2 Å². The summed E-state index contributed by atoms with van der Waals surface area (Å²) in [5.74, 6) is 0.345. The molecule has 0 unspecified atom stereocenters. The first-order valence-electron chi connectivity index (χ1n) is 8.59. The number of amides is 1. The predicted octanol–water partition coefficient (Wildman–Crippen LogP) is 4.25. The van der Waals surface area contributed by atoms with Crippen molar-refractivity contribution in [1.82, 2.24) is 15.3 Å². The number of aromatic nitrogens is 2. The zero-order valence-corrected chi connectivity index (χ0v) is 16.3. The highest BCUT2D eigenvalue weighted by molar-refractivity contribution is 6.32. The minimum absolute atomic E-state index is 0.251. The first kappa shape index (κ1) is 18.9. The van der Waals surface area contributed by atoms with Crippen molar-refractivity contribution in [2.24, 2.45) is 0 Å². The van der Waals surface area contributed by atoms with Crippen LogP contribution in [0.25, 0.3) is 0 Å². The van der Waals surface area contributed by atoms with Crippen molar-refractivity contribution in [1.29, 1.82) is 0 Å². The predicted molar refractivity (Wildman–Crippen MR) is 102 cm³/mol. The van der Waals surface area contributed by atoms with E-state index in [1.807, 2.05) is 19.9 Å². The quantitative estimate of drug-likeness (QED) is 0.771. The molecular formula is C19H21Cl2N3O2. The van der Waals surface area contributed by atoms with Crippen LogP contribution < -0.4 is 10.1 Å².